The van der Waals surface area contributed by atoms with Crippen molar-refractivity contribution < 1.29 is 19.3 Å². The third-order valence-corrected chi connectivity index (χ3v) is 5.84. The molecule has 1 aliphatic heterocycles. The monoisotopic (exact) mass is 372 g/mol. The van der Waals surface area contributed by atoms with Crippen molar-refractivity contribution in [1.29, 1.82) is 0 Å². The van der Waals surface area contributed by atoms with Crippen LogP contribution in [0.1, 0.15) is 51.2 Å². The second-order valence-electron chi connectivity index (χ2n) is 8.11. The molecule has 0 unspecified atom stereocenters. The molecule has 4 rings (SSSR count). The van der Waals surface area contributed by atoms with Crippen LogP contribution in [-0.4, -0.2) is 40.7 Å². The maximum absolute atomic E-state index is 9.44. The van der Waals surface area contributed by atoms with Gasteiger partial charge in [0.15, 0.2) is 5.79 Å². The average molecular weight is 372 g/mol. The average Bonchev–Trinajstić information content (AvgIpc) is 3.02. The number of aliphatic hydroxyl groups excluding tert-OH is 1. The Morgan fingerprint density at radius 1 is 1.19 bits per heavy atom. The summed E-state index contributed by atoms with van der Waals surface area (Å²) in [5.41, 5.74) is 2.63. The zero-order valence-electron chi connectivity index (χ0n) is 16.2. The van der Waals surface area contributed by atoms with Crippen LogP contribution in [0.5, 0.6) is 5.88 Å². The van der Waals surface area contributed by atoms with E-state index in [-0.39, 0.29) is 18.8 Å². The molecule has 6 heteroatoms. The molecular weight excluding hydrogens is 344 g/mol. The molecule has 6 nitrogen and oxygen atoms in total. The molecule has 1 saturated heterocycles. The van der Waals surface area contributed by atoms with Crippen LogP contribution in [0.15, 0.2) is 24.4 Å². The van der Waals surface area contributed by atoms with Crippen molar-refractivity contribution in [3.63, 3.8) is 0 Å². The number of fused-ring (bicyclic) bond motifs is 1. The van der Waals surface area contributed by atoms with Crippen molar-refractivity contribution in [2.75, 3.05) is 13.7 Å². The second kappa shape index (κ2) is 7.34. The summed E-state index contributed by atoms with van der Waals surface area (Å²) in [5, 5.41) is 9.44. The summed E-state index contributed by atoms with van der Waals surface area (Å²) >= 11 is 0. The van der Waals surface area contributed by atoms with Crippen LogP contribution < -0.4 is 4.74 Å². The smallest absolute Gasteiger partial charge is 0.232 e. The number of methoxy groups -OCH3 is 1. The molecule has 0 radical (unpaired) electrons. The number of ether oxygens (including phenoxy) is 3. The van der Waals surface area contributed by atoms with Gasteiger partial charge in [-0.25, -0.2) is 9.97 Å². The van der Waals surface area contributed by atoms with Crippen molar-refractivity contribution in [1.82, 2.24) is 9.97 Å². The van der Waals surface area contributed by atoms with Crippen LogP contribution in [-0.2, 0) is 9.47 Å². The molecule has 1 aromatic carbocycles. The van der Waals surface area contributed by atoms with E-state index in [0.717, 1.165) is 42.3 Å². The van der Waals surface area contributed by atoms with Crippen molar-refractivity contribution in [2.24, 2.45) is 11.8 Å². The standard InChI is InChI=1S/C21H28N2O4/c1-21(2)26-19(14-9-7-13(12-24)8-10-14)20(27-21)15-5-4-6-16-18(15)23-17(25-3)11-22-16/h4-6,11,13-14,19-20,24H,7-10,12H2,1-3H3/t13-,14-,19-,20-/m1/s1. The van der Waals surface area contributed by atoms with Gasteiger partial charge in [0.05, 0.1) is 30.4 Å². The van der Waals surface area contributed by atoms with Gasteiger partial charge in [-0.3, -0.25) is 0 Å². The lowest BCUT2D eigenvalue weighted by molar-refractivity contribution is -0.152. The summed E-state index contributed by atoms with van der Waals surface area (Å²) in [6.07, 6.45) is 5.58. The number of hydrogen-bond acceptors (Lipinski definition) is 6. The van der Waals surface area contributed by atoms with Gasteiger partial charge >= 0.3 is 0 Å². The van der Waals surface area contributed by atoms with E-state index in [0.29, 0.717) is 17.7 Å². The maximum atomic E-state index is 9.44. The van der Waals surface area contributed by atoms with Gasteiger partial charge in [-0.1, -0.05) is 12.1 Å². The van der Waals surface area contributed by atoms with Crippen LogP contribution in [0.2, 0.25) is 0 Å². The Hall–Kier alpha value is -1.76. The molecule has 2 fully saturated rings. The first-order valence-electron chi connectivity index (χ1n) is 9.77. The minimum atomic E-state index is -0.641. The van der Waals surface area contributed by atoms with Gasteiger partial charge in [0.2, 0.25) is 5.88 Å². The first-order chi connectivity index (χ1) is 13.0. The lowest BCUT2D eigenvalue weighted by atomic mass is 9.77. The van der Waals surface area contributed by atoms with E-state index in [1.54, 1.807) is 13.3 Å². The molecule has 2 aliphatic rings. The normalized spacial score (nSPS) is 30.5. The van der Waals surface area contributed by atoms with Crippen LogP contribution in [0, 0.1) is 11.8 Å². The molecule has 1 N–H and O–H groups in total. The van der Waals surface area contributed by atoms with E-state index in [1.165, 1.54) is 0 Å². The number of aliphatic hydroxyl groups is 1. The number of nitrogens with zero attached hydrogens (tertiary/aromatic N) is 2. The summed E-state index contributed by atoms with van der Waals surface area (Å²) in [7, 11) is 1.60. The number of rotatable bonds is 4. The predicted molar refractivity (Wildman–Crippen MR) is 101 cm³/mol. The molecule has 1 saturated carbocycles. The molecule has 0 spiro atoms. The Morgan fingerprint density at radius 3 is 2.67 bits per heavy atom. The Kier molecular flexibility index (Phi) is 5.05. The van der Waals surface area contributed by atoms with Crippen molar-refractivity contribution in [2.45, 2.75) is 57.5 Å². The molecule has 1 aliphatic carbocycles. The predicted octanol–water partition coefficient (Wildman–Crippen LogP) is 3.63. The first-order valence-corrected chi connectivity index (χ1v) is 9.77. The molecular formula is C21H28N2O4. The van der Waals surface area contributed by atoms with Gasteiger partial charge < -0.3 is 19.3 Å². The van der Waals surface area contributed by atoms with E-state index in [1.807, 2.05) is 26.0 Å². The molecule has 27 heavy (non-hydrogen) atoms. The highest BCUT2D eigenvalue weighted by atomic mass is 16.8. The van der Waals surface area contributed by atoms with Gasteiger partial charge in [-0.15, -0.1) is 0 Å². The van der Waals surface area contributed by atoms with Gasteiger partial charge in [0, 0.05) is 12.2 Å². The lowest BCUT2D eigenvalue weighted by Gasteiger charge is -2.33. The Bertz CT molecular complexity index is 802. The number of aromatic nitrogens is 2. The number of hydrogen-bond donors (Lipinski definition) is 1. The largest absolute Gasteiger partial charge is 0.480 e. The van der Waals surface area contributed by atoms with Crippen LogP contribution in [0.4, 0.5) is 0 Å². The Labute approximate surface area is 159 Å². The molecule has 146 valence electrons. The third-order valence-electron chi connectivity index (χ3n) is 5.84. The highest BCUT2D eigenvalue weighted by Gasteiger charge is 2.47. The van der Waals surface area contributed by atoms with Gasteiger partial charge in [-0.05, 0) is 57.4 Å². The summed E-state index contributed by atoms with van der Waals surface area (Å²) in [5.74, 6) is 0.682. The summed E-state index contributed by atoms with van der Waals surface area (Å²) in [6.45, 7) is 4.22. The Morgan fingerprint density at radius 2 is 1.96 bits per heavy atom. The minimum absolute atomic E-state index is 0.0294. The van der Waals surface area contributed by atoms with Gasteiger partial charge in [0.1, 0.15) is 6.10 Å². The SMILES string of the molecule is COc1cnc2cccc([C@H]3OC(C)(C)O[C@@H]3[C@H]3CC[C@H](CO)CC3)c2n1. The van der Waals surface area contributed by atoms with Crippen molar-refractivity contribution >= 4 is 11.0 Å². The zero-order chi connectivity index (χ0) is 19.0. The number of benzene rings is 1. The van der Waals surface area contributed by atoms with E-state index < -0.39 is 5.79 Å². The van der Waals surface area contributed by atoms with E-state index in [4.69, 9.17) is 14.2 Å². The third kappa shape index (κ3) is 3.66. The van der Waals surface area contributed by atoms with Gasteiger partial charge in [-0.2, -0.15) is 0 Å². The summed E-state index contributed by atoms with van der Waals surface area (Å²) in [6, 6.07) is 6.00. The highest BCUT2D eigenvalue weighted by molar-refractivity contribution is 5.78. The molecule has 0 amide bonds. The fourth-order valence-electron chi connectivity index (χ4n) is 4.44. The molecule has 2 atom stereocenters. The number of para-hydroxylation sites is 1. The first kappa shape index (κ1) is 18.6. The summed E-state index contributed by atoms with van der Waals surface area (Å²) in [4.78, 5) is 9.10. The lowest BCUT2D eigenvalue weighted by Crippen LogP contribution is -2.31. The maximum Gasteiger partial charge on any atom is 0.232 e. The Balaban J connectivity index is 1.69. The molecule has 2 heterocycles. The fraction of sp³-hybridized carbons (Fsp3) is 0.619. The second-order valence-corrected chi connectivity index (χ2v) is 8.11. The summed E-state index contributed by atoms with van der Waals surface area (Å²) < 4.78 is 18.0. The van der Waals surface area contributed by atoms with E-state index in [9.17, 15) is 5.11 Å². The zero-order valence-corrected chi connectivity index (χ0v) is 16.2. The van der Waals surface area contributed by atoms with Crippen LogP contribution in [0.25, 0.3) is 11.0 Å². The quantitative estimate of drug-likeness (QED) is 0.883. The molecule has 0 bridgehead atoms. The van der Waals surface area contributed by atoms with E-state index >= 15 is 0 Å². The topological polar surface area (TPSA) is 73.7 Å². The molecule has 1 aromatic heterocycles. The fourth-order valence-corrected chi connectivity index (χ4v) is 4.44. The van der Waals surface area contributed by atoms with E-state index in [2.05, 4.69) is 16.0 Å². The van der Waals surface area contributed by atoms with Crippen LogP contribution >= 0.6 is 0 Å². The highest BCUT2D eigenvalue weighted by Crippen LogP contribution is 2.46. The van der Waals surface area contributed by atoms with Crippen LogP contribution in [0.3, 0.4) is 0 Å². The minimum Gasteiger partial charge on any atom is -0.480 e. The van der Waals surface area contributed by atoms with Gasteiger partial charge in [0.25, 0.3) is 0 Å². The molecule has 2 aromatic rings. The van der Waals surface area contributed by atoms with Crippen molar-refractivity contribution in [3.8, 4) is 5.88 Å². The van der Waals surface area contributed by atoms with Crippen molar-refractivity contribution in [3.05, 3.63) is 30.0 Å².